The molecule has 1 atom stereocenters. The molecule has 1 fully saturated rings. The van der Waals surface area contributed by atoms with Gasteiger partial charge in [0.25, 0.3) is 5.91 Å². The van der Waals surface area contributed by atoms with Crippen LogP contribution in [0, 0.1) is 11.6 Å². The zero-order chi connectivity index (χ0) is 16.8. The Kier molecular flexibility index (Phi) is 3.60. The first kappa shape index (κ1) is 15.3. The Labute approximate surface area is 137 Å². The maximum absolute atomic E-state index is 13.6. The Morgan fingerprint density at radius 2 is 2.08 bits per heavy atom. The summed E-state index contributed by atoms with van der Waals surface area (Å²) in [6, 6.07) is 3.61. The Morgan fingerprint density at radius 1 is 1.25 bits per heavy atom. The van der Waals surface area contributed by atoms with Crippen molar-refractivity contribution in [3.63, 3.8) is 0 Å². The first-order chi connectivity index (χ1) is 11.5. The number of carbonyl (C=O) groups excluding carboxylic acids is 1. The van der Waals surface area contributed by atoms with Gasteiger partial charge in [0.1, 0.15) is 0 Å². The highest BCUT2D eigenvalue weighted by atomic mass is 19.2. The van der Waals surface area contributed by atoms with Crippen molar-refractivity contribution < 1.29 is 18.7 Å². The van der Waals surface area contributed by atoms with Gasteiger partial charge in [-0.15, -0.1) is 0 Å². The summed E-state index contributed by atoms with van der Waals surface area (Å²) in [5.74, 6) is -2.05. The fourth-order valence-electron chi connectivity index (χ4n) is 3.52. The molecule has 2 aliphatic rings. The number of halogens is 2. The van der Waals surface area contributed by atoms with Gasteiger partial charge in [0.15, 0.2) is 17.3 Å². The molecule has 1 amide bonds. The molecule has 0 saturated carbocycles. The van der Waals surface area contributed by atoms with Gasteiger partial charge in [0, 0.05) is 30.4 Å². The minimum atomic E-state index is -0.940. The van der Waals surface area contributed by atoms with E-state index in [2.05, 4.69) is 5.10 Å². The van der Waals surface area contributed by atoms with Crippen molar-refractivity contribution in [2.24, 2.45) is 0 Å². The van der Waals surface area contributed by atoms with Crippen LogP contribution in [0.3, 0.4) is 0 Å². The number of aliphatic hydroxyl groups excluding tert-OH is 1. The number of fused-ring (bicyclic) bond motifs is 1. The van der Waals surface area contributed by atoms with E-state index in [1.807, 2.05) is 0 Å². The molecule has 0 spiro atoms. The van der Waals surface area contributed by atoms with Crippen molar-refractivity contribution in [3.8, 4) is 5.69 Å². The molecule has 1 aliphatic heterocycles. The Morgan fingerprint density at radius 3 is 2.79 bits per heavy atom. The molecule has 1 saturated heterocycles. The highest BCUT2D eigenvalue weighted by Gasteiger charge is 2.32. The maximum Gasteiger partial charge on any atom is 0.274 e. The molecular weight excluding hydrogens is 316 g/mol. The summed E-state index contributed by atoms with van der Waals surface area (Å²) in [7, 11) is 0. The van der Waals surface area contributed by atoms with Gasteiger partial charge in [-0.1, -0.05) is 0 Å². The molecule has 1 aliphatic carbocycles. The van der Waals surface area contributed by atoms with Crippen LogP contribution >= 0.6 is 0 Å². The molecule has 4 rings (SSSR count). The van der Waals surface area contributed by atoms with Crippen LogP contribution in [0.1, 0.15) is 34.6 Å². The molecule has 2 aromatic rings. The zero-order valence-corrected chi connectivity index (χ0v) is 13.0. The lowest BCUT2D eigenvalue weighted by Crippen LogP contribution is -2.30. The monoisotopic (exact) mass is 333 g/mol. The second-order valence-corrected chi connectivity index (χ2v) is 6.33. The molecule has 0 bridgehead atoms. The van der Waals surface area contributed by atoms with E-state index in [1.54, 1.807) is 9.58 Å². The summed E-state index contributed by atoms with van der Waals surface area (Å²) in [5, 5.41) is 14.0. The summed E-state index contributed by atoms with van der Waals surface area (Å²) in [6.07, 6.45) is 2.47. The van der Waals surface area contributed by atoms with Gasteiger partial charge in [-0.2, -0.15) is 5.10 Å². The minimum Gasteiger partial charge on any atom is -0.391 e. The molecule has 1 aromatic carbocycles. The highest BCUT2D eigenvalue weighted by Crippen LogP contribution is 2.29. The smallest absolute Gasteiger partial charge is 0.274 e. The lowest BCUT2D eigenvalue weighted by Gasteiger charge is -2.14. The van der Waals surface area contributed by atoms with Crippen molar-refractivity contribution in [1.29, 1.82) is 0 Å². The predicted molar refractivity (Wildman–Crippen MR) is 82.0 cm³/mol. The number of aliphatic hydroxyl groups is 1. The van der Waals surface area contributed by atoms with Crippen LogP contribution in [0.2, 0.25) is 0 Å². The zero-order valence-electron chi connectivity index (χ0n) is 13.0. The van der Waals surface area contributed by atoms with Crippen molar-refractivity contribution in [3.05, 3.63) is 46.8 Å². The number of benzene rings is 1. The average Bonchev–Trinajstić information content (AvgIpc) is 3.25. The van der Waals surface area contributed by atoms with Gasteiger partial charge >= 0.3 is 0 Å². The summed E-state index contributed by atoms with van der Waals surface area (Å²) in [6.45, 7) is 0.818. The quantitative estimate of drug-likeness (QED) is 0.912. The molecule has 7 heteroatoms. The van der Waals surface area contributed by atoms with Gasteiger partial charge in [0.05, 0.1) is 11.8 Å². The van der Waals surface area contributed by atoms with Gasteiger partial charge in [-0.25, -0.2) is 13.5 Å². The number of likely N-dealkylation sites (tertiary alicyclic amines) is 1. The molecule has 126 valence electrons. The van der Waals surface area contributed by atoms with Gasteiger partial charge in [0.2, 0.25) is 0 Å². The van der Waals surface area contributed by atoms with Gasteiger partial charge in [-0.3, -0.25) is 4.79 Å². The van der Waals surface area contributed by atoms with Gasteiger partial charge < -0.3 is 10.0 Å². The van der Waals surface area contributed by atoms with E-state index in [4.69, 9.17) is 0 Å². The number of β-amino-alcohol motifs (C(OH)–C–C–N with tert-alkyl or cyclic N) is 1. The maximum atomic E-state index is 13.6. The third-order valence-electron chi connectivity index (χ3n) is 4.73. The number of rotatable bonds is 2. The normalized spacial score (nSPS) is 19.8. The molecule has 1 N–H and O–H groups in total. The number of amides is 1. The van der Waals surface area contributed by atoms with Crippen molar-refractivity contribution >= 4 is 5.91 Å². The Hall–Kier alpha value is -2.28. The first-order valence-electron chi connectivity index (χ1n) is 8.08. The topological polar surface area (TPSA) is 58.4 Å². The van der Waals surface area contributed by atoms with E-state index >= 15 is 0 Å². The molecule has 0 unspecified atom stereocenters. The molecule has 0 radical (unpaired) electrons. The van der Waals surface area contributed by atoms with E-state index < -0.39 is 17.7 Å². The first-order valence-corrected chi connectivity index (χ1v) is 8.08. The molecule has 1 aromatic heterocycles. The number of hydrogen-bond donors (Lipinski definition) is 1. The van der Waals surface area contributed by atoms with Crippen molar-refractivity contribution in [1.82, 2.24) is 14.7 Å². The van der Waals surface area contributed by atoms with Crippen LogP contribution in [-0.4, -0.2) is 44.9 Å². The van der Waals surface area contributed by atoms with Gasteiger partial charge in [-0.05, 0) is 37.8 Å². The number of carbonyl (C=O) groups is 1. The van der Waals surface area contributed by atoms with Crippen LogP contribution < -0.4 is 0 Å². The van der Waals surface area contributed by atoms with E-state index in [0.29, 0.717) is 30.9 Å². The fourth-order valence-corrected chi connectivity index (χ4v) is 3.52. The molecule has 2 heterocycles. The third kappa shape index (κ3) is 2.39. The highest BCUT2D eigenvalue weighted by molar-refractivity contribution is 5.94. The minimum absolute atomic E-state index is 0.203. The standard InChI is InChI=1S/C17H17F2N3O2/c18-13-5-4-10(8-14(13)19)22-15-3-1-2-12(15)16(20-22)17(24)21-7-6-11(23)9-21/h4-5,8,11,23H,1-3,6-7,9H2/t11-/m1/s1. The van der Waals surface area contributed by atoms with Crippen LogP contribution in [0.5, 0.6) is 0 Å². The molecular formula is C17H17F2N3O2. The Bertz CT molecular complexity index is 818. The molecule has 24 heavy (non-hydrogen) atoms. The van der Waals surface area contributed by atoms with Crippen molar-refractivity contribution in [2.45, 2.75) is 31.8 Å². The summed E-state index contributed by atoms with van der Waals surface area (Å²) in [4.78, 5) is 14.3. The SMILES string of the molecule is O=C(c1nn(-c2ccc(F)c(F)c2)c2c1CCC2)N1CC[C@@H](O)C1. The molecule has 5 nitrogen and oxygen atoms in total. The average molecular weight is 333 g/mol. The third-order valence-corrected chi connectivity index (χ3v) is 4.73. The van der Waals surface area contributed by atoms with Crippen molar-refractivity contribution in [2.75, 3.05) is 13.1 Å². The number of hydrogen-bond acceptors (Lipinski definition) is 3. The predicted octanol–water partition coefficient (Wildman–Crippen LogP) is 1.85. The summed E-state index contributed by atoms with van der Waals surface area (Å²) < 4.78 is 28.3. The van der Waals surface area contributed by atoms with E-state index in [0.717, 1.165) is 42.7 Å². The van der Waals surface area contributed by atoms with Crippen LogP contribution in [0.4, 0.5) is 8.78 Å². The lowest BCUT2D eigenvalue weighted by molar-refractivity contribution is 0.0757. The van der Waals surface area contributed by atoms with E-state index in [-0.39, 0.29) is 5.91 Å². The van der Waals surface area contributed by atoms with Crippen LogP contribution in [0.15, 0.2) is 18.2 Å². The van der Waals surface area contributed by atoms with Crippen LogP contribution in [0.25, 0.3) is 5.69 Å². The van der Waals surface area contributed by atoms with E-state index in [1.165, 1.54) is 6.07 Å². The summed E-state index contributed by atoms with van der Waals surface area (Å²) >= 11 is 0. The second kappa shape index (κ2) is 5.66. The Balaban J connectivity index is 1.75. The second-order valence-electron chi connectivity index (χ2n) is 6.33. The summed E-state index contributed by atoms with van der Waals surface area (Å²) in [5.41, 5.74) is 2.53. The lowest BCUT2D eigenvalue weighted by atomic mass is 10.2. The van der Waals surface area contributed by atoms with Crippen LogP contribution in [-0.2, 0) is 12.8 Å². The largest absolute Gasteiger partial charge is 0.391 e. The number of aromatic nitrogens is 2. The number of nitrogens with zero attached hydrogens (tertiary/aromatic N) is 3. The fraction of sp³-hybridized carbons (Fsp3) is 0.412. The van der Waals surface area contributed by atoms with E-state index in [9.17, 15) is 18.7 Å².